The van der Waals surface area contributed by atoms with E-state index in [9.17, 15) is 9.59 Å². The lowest BCUT2D eigenvalue weighted by Crippen LogP contribution is -2.47. The molecule has 5 aromatic rings. The number of H-pyrrole nitrogens is 2. The number of aromatic nitrogens is 2. The second-order valence-corrected chi connectivity index (χ2v) is 11.0. The van der Waals surface area contributed by atoms with Gasteiger partial charge in [0.05, 0.1) is 18.7 Å². The van der Waals surface area contributed by atoms with E-state index in [1.807, 2.05) is 29.2 Å². The summed E-state index contributed by atoms with van der Waals surface area (Å²) < 4.78 is 5.48. The lowest BCUT2D eigenvalue weighted by molar-refractivity contribution is -0.137. The van der Waals surface area contributed by atoms with E-state index < -0.39 is 0 Å². The van der Waals surface area contributed by atoms with Crippen molar-refractivity contribution in [1.29, 1.82) is 0 Å². The number of rotatable bonds is 5. The predicted molar refractivity (Wildman–Crippen MR) is 157 cm³/mol. The minimum atomic E-state index is -0.355. The molecule has 7 rings (SSSR count). The molecular weight excluding hydrogens is 500 g/mol. The smallest absolute Gasteiger partial charge is 0.228 e. The van der Waals surface area contributed by atoms with Crippen molar-refractivity contribution in [3.63, 3.8) is 0 Å². The Morgan fingerprint density at radius 1 is 0.850 bits per heavy atom. The average Bonchev–Trinajstić information content (AvgIpc) is 3.74. The van der Waals surface area contributed by atoms with E-state index in [4.69, 9.17) is 4.74 Å². The maximum absolute atomic E-state index is 13.8. The number of carbonyl (C=O) groups excluding carboxylic acids is 2. The minimum Gasteiger partial charge on any atom is -0.495 e. The largest absolute Gasteiger partial charge is 0.495 e. The molecule has 40 heavy (non-hydrogen) atoms. The van der Waals surface area contributed by atoms with Gasteiger partial charge in [-0.25, -0.2) is 0 Å². The first-order valence-corrected chi connectivity index (χ1v) is 13.9. The number of methoxy groups -OCH3 is 1. The number of piperidine rings is 1. The quantitative estimate of drug-likeness (QED) is 0.308. The fourth-order valence-corrected chi connectivity index (χ4v) is 6.94. The van der Waals surface area contributed by atoms with Crippen LogP contribution in [0.1, 0.15) is 30.4 Å². The van der Waals surface area contributed by atoms with Gasteiger partial charge in [-0.2, -0.15) is 0 Å². The van der Waals surface area contributed by atoms with Crippen molar-refractivity contribution in [1.82, 2.24) is 14.9 Å². The molecule has 0 spiro atoms. The van der Waals surface area contributed by atoms with Crippen molar-refractivity contribution < 1.29 is 14.3 Å². The highest BCUT2D eigenvalue weighted by atomic mass is 16.5. The first-order chi connectivity index (χ1) is 19.6. The summed E-state index contributed by atoms with van der Waals surface area (Å²) in [4.78, 5) is 37.4. The number of likely N-dealkylation sites (tertiary alicyclic amines) is 1. The fraction of sp³-hybridized carbons (Fsp3) is 0.273. The van der Waals surface area contributed by atoms with Crippen molar-refractivity contribution in [2.45, 2.75) is 24.7 Å². The average molecular weight is 533 g/mol. The van der Waals surface area contributed by atoms with Gasteiger partial charge < -0.3 is 24.5 Å². The maximum atomic E-state index is 13.8. The third-order valence-electron chi connectivity index (χ3n) is 8.99. The van der Waals surface area contributed by atoms with Crippen LogP contribution in [0.2, 0.25) is 0 Å². The third kappa shape index (κ3) is 3.79. The Hall–Kier alpha value is -4.52. The van der Waals surface area contributed by atoms with Gasteiger partial charge in [-0.15, -0.1) is 0 Å². The van der Waals surface area contributed by atoms with Gasteiger partial charge in [0.25, 0.3) is 0 Å². The van der Waals surface area contributed by atoms with Crippen molar-refractivity contribution in [3.8, 4) is 5.75 Å². The van der Waals surface area contributed by atoms with Gasteiger partial charge in [0.1, 0.15) is 5.75 Å². The normalized spacial score (nSPS) is 19.0. The van der Waals surface area contributed by atoms with Gasteiger partial charge in [-0.05, 0) is 48.2 Å². The first-order valence-electron chi connectivity index (χ1n) is 13.9. The Bertz CT molecular complexity index is 1650. The standard InChI is InChI=1S/C33H32N4O3/c1-40-30-13-7-6-12-29(30)37-21-22(18-31(37)38)32(39)36-16-14-33(15-17-36,25-19-34-27-10-4-2-8-23(25)27)26-20-35-28-11-5-3-9-24(26)28/h2-13,19-20,22,34-35H,14-18,21H2,1H3. The zero-order valence-electron chi connectivity index (χ0n) is 22.5. The van der Waals surface area contributed by atoms with Crippen molar-refractivity contribution in [3.05, 3.63) is 96.3 Å². The van der Waals surface area contributed by atoms with E-state index >= 15 is 0 Å². The SMILES string of the molecule is COc1ccccc1N1CC(C(=O)N2CCC(c3c[nH]c4ccccc34)(c3c[nH]c4ccccc34)CC2)CC1=O. The third-order valence-corrected chi connectivity index (χ3v) is 8.99. The molecule has 2 N–H and O–H groups in total. The number of aromatic amines is 2. The molecule has 2 fully saturated rings. The highest BCUT2D eigenvalue weighted by Gasteiger charge is 2.44. The molecule has 2 aliphatic rings. The summed E-state index contributed by atoms with van der Waals surface area (Å²) in [6.45, 7) is 1.65. The Morgan fingerprint density at radius 2 is 1.43 bits per heavy atom. The second kappa shape index (κ2) is 9.59. The lowest BCUT2D eigenvalue weighted by Gasteiger charge is -2.43. The van der Waals surface area contributed by atoms with E-state index in [0.717, 1.165) is 29.6 Å². The summed E-state index contributed by atoms with van der Waals surface area (Å²) in [6, 6.07) is 24.4. The summed E-state index contributed by atoms with van der Waals surface area (Å²) in [6.07, 6.45) is 6.15. The molecule has 2 saturated heterocycles. The van der Waals surface area contributed by atoms with Gasteiger partial charge in [0.2, 0.25) is 11.8 Å². The van der Waals surface area contributed by atoms with E-state index in [1.54, 1.807) is 12.0 Å². The number of anilines is 1. The van der Waals surface area contributed by atoms with Crippen LogP contribution in [-0.4, -0.2) is 53.4 Å². The lowest BCUT2D eigenvalue weighted by atomic mass is 9.67. The Labute approximate surface area is 232 Å². The van der Waals surface area contributed by atoms with Gasteiger partial charge >= 0.3 is 0 Å². The highest BCUT2D eigenvalue weighted by Crippen LogP contribution is 2.47. The van der Waals surface area contributed by atoms with E-state index in [0.29, 0.717) is 25.4 Å². The topological polar surface area (TPSA) is 81.4 Å². The maximum Gasteiger partial charge on any atom is 0.228 e. The number of ether oxygens (including phenoxy) is 1. The van der Waals surface area contributed by atoms with Gasteiger partial charge in [0.15, 0.2) is 0 Å². The summed E-state index contributed by atoms with van der Waals surface area (Å²) in [5, 5.41) is 2.45. The predicted octanol–water partition coefficient (Wildman–Crippen LogP) is 5.62. The molecule has 0 bridgehead atoms. The number of nitrogens with zero attached hydrogens (tertiary/aromatic N) is 2. The Morgan fingerprint density at radius 3 is 2.05 bits per heavy atom. The summed E-state index contributed by atoms with van der Waals surface area (Å²) in [5.41, 5.74) is 5.27. The van der Waals surface area contributed by atoms with Crippen LogP contribution in [0.3, 0.4) is 0 Å². The second-order valence-electron chi connectivity index (χ2n) is 11.0. The van der Waals surface area contributed by atoms with Crippen LogP contribution in [0.15, 0.2) is 85.2 Å². The van der Waals surface area contributed by atoms with Crippen LogP contribution in [0.4, 0.5) is 5.69 Å². The van der Waals surface area contributed by atoms with Crippen molar-refractivity contribution >= 4 is 39.3 Å². The number of hydrogen-bond acceptors (Lipinski definition) is 3. The Kier molecular flexibility index (Phi) is 5.88. The minimum absolute atomic E-state index is 0.0354. The molecule has 0 aliphatic carbocycles. The molecule has 7 heteroatoms. The number of carbonyl (C=O) groups is 2. The van der Waals surface area contributed by atoms with Crippen LogP contribution in [0.25, 0.3) is 21.8 Å². The van der Waals surface area contributed by atoms with Crippen LogP contribution >= 0.6 is 0 Å². The van der Waals surface area contributed by atoms with Crippen LogP contribution < -0.4 is 9.64 Å². The molecule has 1 unspecified atom stereocenters. The molecule has 7 nitrogen and oxygen atoms in total. The number of hydrogen-bond donors (Lipinski definition) is 2. The molecule has 3 aromatic carbocycles. The fourth-order valence-electron chi connectivity index (χ4n) is 6.94. The highest BCUT2D eigenvalue weighted by molar-refractivity contribution is 6.01. The van der Waals surface area contributed by atoms with Crippen molar-refractivity contribution in [2.24, 2.45) is 5.92 Å². The molecule has 2 aliphatic heterocycles. The number of amides is 2. The zero-order valence-corrected chi connectivity index (χ0v) is 22.5. The molecule has 2 aromatic heterocycles. The number of benzene rings is 3. The van der Waals surface area contributed by atoms with Gasteiger partial charge in [-0.3, -0.25) is 9.59 Å². The number of nitrogens with one attached hydrogen (secondary N) is 2. The van der Waals surface area contributed by atoms with Gasteiger partial charge in [0, 0.05) is 65.7 Å². The van der Waals surface area contributed by atoms with Crippen LogP contribution in [0.5, 0.6) is 5.75 Å². The van der Waals surface area contributed by atoms with E-state index in [-0.39, 0.29) is 29.6 Å². The van der Waals surface area contributed by atoms with Gasteiger partial charge in [-0.1, -0.05) is 48.5 Å². The first kappa shape index (κ1) is 24.5. The molecular formula is C33H32N4O3. The number of para-hydroxylation sites is 4. The summed E-state index contributed by atoms with van der Waals surface area (Å²) in [5.74, 6) is 0.319. The molecule has 2 amide bonds. The van der Waals surface area contributed by atoms with Crippen LogP contribution in [-0.2, 0) is 15.0 Å². The zero-order chi connectivity index (χ0) is 27.3. The molecule has 1 atom stereocenters. The molecule has 202 valence electrons. The van der Waals surface area contributed by atoms with Crippen LogP contribution in [0, 0.1) is 5.92 Å². The molecule has 4 heterocycles. The molecule has 0 radical (unpaired) electrons. The van der Waals surface area contributed by atoms with E-state index in [1.165, 1.54) is 21.9 Å². The Balaban J connectivity index is 1.18. The molecule has 0 saturated carbocycles. The number of fused-ring (bicyclic) bond motifs is 2. The summed E-state index contributed by atoms with van der Waals surface area (Å²) >= 11 is 0. The van der Waals surface area contributed by atoms with E-state index in [2.05, 4.69) is 70.9 Å². The summed E-state index contributed by atoms with van der Waals surface area (Å²) in [7, 11) is 1.60. The monoisotopic (exact) mass is 532 g/mol. The van der Waals surface area contributed by atoms with Crippen molar-refractivity contribution in [2.75, 3.05) is 31.6 Å².